The number of rotatable bonds is 12. The number of aliphatic hydroxyl groups is 1. The molecule has 4 rings (SSSR count). The van der Waals surface area contributed by atoms with Gasteiger partial charge in [-0.25, -0.2) is 13.6 Å². The summed E-state index contributed by atoms with van der Waals surface area (Å²) < 4.78 is 37.1. The highest BCUT2D eigenvalue weighted by Gasteiger charge is 2.45. The standard InChI is InChI=1S/C34H40F2N2O6/c1-23-18-27(30-7-5-4-6-26(30)14-16-37-24(2)39)10-13-29(23)31-19-38(32(40)41)17-15-34(31,42)28-11-8-25(9-12-28)20-44-22-33(35,36)21-43-3/h4-13,18,31,42H,14-17,19-22H2,1-3H3,(H,37,39)(H,40,41)/t31-,34+/m1/s1. The number of nitrogens with zero attached hydrogens (tertiary/aromatic N) is 1. The number of methoxy groups -OCH3 is 1. The van der Waals surface area contributed by atoms with Crippen molar-refractivity contribution < 1.29 is 38.1 Å². The Morgan fingerprint density at radius 2 is 1.82 bits per heavy atom. The van der Waals surface area contributed by atoms with E-state index in [9.17, 15) is 28.6 Å². The number of likely N-dealkylation sites (tertiary alicyclic amines) is 1. The first-order chi connectivity index (χ1) is 20.9. The van der Waals surface area contributed by atoms with Crippen molar-refractivity contribution in [2.24, 2.45) is 0 Å². The van der Waals surface area contributed by atoms with Gasteiger partial charge in [-0.05, 0) is 58.7 Å². The average molecular weight is 611 g/mol. The summed E-state index contributed by atoms with van der Waals surface area (Å²) in [6, 6.07) is 21.0. The van der Waals surface area contributed by atoms with E-state index in [1.54, 1.807) is 24.3 Å². The molecule has 0 aliphatic carbocycles. The van der Waals surface area contributed by atoms with E-state index in [0.29, 0.717) is 24.1 Å². The number of hydrogen-bond donors (Lipinski definition) is 3. The highest BCUT2D eigenvalue weighted by atomic mass is 19.3. The number of nitrogens with one attached hydrogen (secondary N) is 1. The van der Waals surface area contributed by atoms with Crippen molar-refractivity contribution in [3.05, 3.63) is 94.5 Å². The lowest BCUT2D eigenvalue weighted by atomic mass is 9.71. The number of carboxylic acid groups (broad SMARTS) is 1. The highest BCUT2D eigenvalue weighted by Crippen LogP contribution is 2.45. The first-order valence-electron chi connectivity index (χ1n) is 14.6. The maximum atomic E-state index is 13.7. The van der Waals surface area contributed by atoms with Crippen LogP contribution in [0.2, 0.25) is 0 Å². The fourth-order valence-corrected chi connectivity index (χ4v) is 5.91. The molecule has 8 nitrogen and oxygen atoms in total. The number of piperidine rings is 1. The van der Waals surface area contributed by atoms with Gasteiger partial charge in [-0.3, -0.25) is 4.79 Å². The lowest BCUT2D eigenvalue weighted by Gasteiger charge is -2.45. The summed E-state index contributed by atoms with van der Waals surface area (Å²) in [5, 5.41) is 24.8. The van der Waals surface area contributed by atoms with E-state index in [-0.39, 0.29) is 32.0 Å². The summed E-state index contributed by atoms with van der Waals surface area (Å²) in [7, 11) is 1.21. The molecule has 0 spiro atoms. The number of halogens is 2. The van der Waals surface area contributed by atoms with Gasteiger partial charge in [-0.2, -0.15) is 0 Å². The zero-order valence-electron chi connectivity index (χ0n) is 25.3. The number of hydrogen-bond acceptors (Lipinski definition) is 5. The molecule has 0 aromatic heterocycles. The zero-order chi connectivity index (χ0) is 31.9. The average Bonchev–Trinajstić information content (AvgIpc) is 2.98. The summed E-state index contributed by atoms with van der Waals surface area (Å²) in [4.78, 5) is 24.6. The smallest absolute Gasteiger partial charge is 0.407 e. The van der Waals surface area contributed by atoms with Crippen molar-refractivity contribution in [1.82, 2.24) is 10.2 Å². The third-order valence-corrected chi connectivity index (χ3v) is 8.15. The molecule has 1 saturated heterocycles. The fourth-order valence-electron chi connectivity index (χ4n) is 5.91. The molecule has 0 unspecified atom stereocenters. The topological polar surface area (TPSA) is 108 Å². The van der Waals surface area contributed by atoms with Crippen LogP contribution in [0.3, 0.4) is 0 Å². The normalized spacial score (nSPS) is 18.7. The quantitative estimate of drug-likeness (QED) is 0.250. The molecule has 3 aromatic carbocycles. The SMILES string of the molecule is COCC(F)(F)COCc1ccc([C@@]2(O)CCN(C(=O)O)C[C@@H]2c2ccc(-c3ccccc3CCNC(C)=O)cc2C)cc1. The molecule has 44 heavy (non-hydrogen) atoms. The molecule has 0 bridgehead atoms. The molecule has 1 fully saturated rings. The van der Waals surface area contributed by atoms with E-state index < -0.39 is 36.7 Å². The lowest BCUT2D eigenvalue weighted by Crippen LogP contribution is -2.50. The van der Waals surface area contributed by atoms with Crippen LogP contribution in [0, 0.1) is 6.92 Å². The Morgan fingerprint density at radius 3 is 2.48 bits per heavy atom. The van der Waals surface area contributed by atoms with Gasteiger partial charge in [-0.15, -0.1) is 0 Å². The van der Waals surface area contributed by atoms with Crippen LogP contribution in [0.25, 0.3) is 11.1 Å². The highest BCUT2D eigenvalue weighted by molar-refractivity contribution is 5.73. The summed E-state index contributed by atoms with van der Waals surface area (Å²) in [6.07, 6.45) is -0.184. The first-order valence-corrected chi connectivity index (χ1v) is 14.6. The van der Waals surface area contributed by atoms with Gasteiger partial charge in [0, 0.05) is 39.6 Å². The van der Waals surface area contributed by atoms with Crippen molar-refractivity contribution in [1.29, 1.82) is 0 Å². The van der Waals surface area contributed by atoms with Crippen LogP contribution in [0.4, 0.5) is 13.6 Å². The largest absolute Gasteiger partial charge is 0.465 e. The van der Waals surface area contributed by atoms with Crippen molar-refractivity contribution >= 4 is 12.0 Å². The summed E-state index contributed by atoms with van der Waals surface area (Å²) in [5.74, 6) is -3.72. The van der Waals surface area contributed by atoms with Crippen molar-refractivity contribution in [2.45, 2.75) is 50.7 Å². The summed E-state index contributed by atoms with van der Waals surface area (Å²) in [6.45, 7) is 2.73. The van der Waals surface area contributed by atoms with E-state index in [2.05, 4.69) is 10.1 Å². The molecular weight excluding hydrogens is 570 g/mol. The van der Waals surface area contributed by atoms with Crippen molar-refractivity contribution in [3.63, 3.8) is 0 Å². The Bertz CT molecular complexity index is 1450. The van der Waals surface area contributed by atoms with Gasteiger partial charge in [0.1, 0.15) is 13.2 Å². The second-order valence-electron chi connectivity index (χ2n) is 11.4. The van der Waals surface area contributed by atoms with Gasteiger partial charge in [0.2, 0.25) is 5.91 Å². The van der Waals surface area contributed by atoms with Crippen LogP contribution in [0.1, 0.15) is 47.1 Å². The summed E-state index contributed by atoms with van der Waals surface area (Å²) in [5.41, 5.74) is 4.79. The minimum atomic E-state index is -3.09. The van der Waals surface area contributed by atoms with Crippen LogP contribution in [-0.4, -0.2) is 73.0 Å². The van der Waals surface area contributed by atoms with Gasteiger partial charge in [0.15, 0.2) is 0 Å². The van der Waals surface area contributed by atoms with Crippen molar-refractivity contribution in [3.8, 4) is 11.1 Å². The molecule has 1 heterocycles. The number of alkyl halides is 2. The molecule has 3 N–H and O–H groups in total. The first kappa shape index (κ1) is 33.0. The van der Waals surface area contributed by atoms with Gasteiger partial charge >= 0.3 is 6.09 Å². The third kappa shape index (κ3) is 7.99. The third-order valence-electron chi connectivity index (χ3n) is 8.15. The number of carbonyl (C=O) groups excluding carboxylic acids is 1. The van der Waals surface area contributed by atoms with Crippen LogP contribution < -0.4 is 5.32 Å². The maximum absolute atomic E-state index is 13.7. The van der Waals surface area contributed by atoms with Crippen LogP contribution in [0.15, 0.2) is 66.7 Å². The van der Waals surface area contributed by atoms with Gasteiger partial charge in [-0.1, -0.05) is 66.7 Å². The Balaban J connectivity index is 1.59. The molecule has 236 valence electrons. The molecule has 1 aliphatic rings. The van der Waals surface area contributed by atoms with E-state index >= 15 is 0 Å². The number of aryl methyl sites for hydroxylation is 1. The van der Waals surface area contributed by atoms with E-state index in [4.69, 9.17) is 4.74 Å². The van der Waals surface area contributed by atoms with Gasteiger partial charge < -0.3 is 29.9 Å². The minimum Gasteiger partial charge on any atom is -0.465 e. The molecule has 2 amide bonds. The van der Waals surface area contributed by atoms with Crippen LogP contribution >= 0.6 is 0 Å². The predicted molar refractivity (Wildman–Crippen MR) is 163 cm³/mol. The number of benzene rings is 3. The summed E-state index contributed by atoms with van der Waals surface area (Å²) >= 11 is 0. The molecule has 1 aliphatic heterocycles. The van der Waals surface area contributed by atoms with Gasteiger partial charge in [0.25, 0.3) is 5.92 Å². The molecule has 10 heteroatoms. The zero-order valence-corrected chi connectivity index (χ0v) is 25.3. The Labute approximate surface area is 256 Å². The monoisotopic (exact) mass is 610 g/mol. The van der Waals surface area contributed by atoms with E-state index in [0.717, 1.165) is 27.8 Å². The predicted octanol–water partition coefficient (Wildman–Crippen LogP) is 5.49. The molecule has 3 aromatic rings. The second-order valence-corrected chi connectivity index (χ2v) is 11.4. The minimum absolute atomic E-state index is 0.0267. The Morgan fingerprint density at radius 1 is 1.09 bits per heavy atom. The molecular formula is C34H40F2N2O6. The Hall–Kier alpha value is -3.86. The van der Waals surface area contributed by atoms with E-state index in [1.807, 2.05) is 49.4 Å². The fraction of sp³-hybridized carbons (Fsp3) is 0.412. The lowest BCUT2D eigenvalue weighted by molar-refractivity contribution is -0.119. The molecule has 2 atom stereocenters. The van der Waals surface area contributed by atoms with Crippen molar-refractivity contribution in [2.75, 3.05) is 40.0 Å². The molecule has 0 radical (unpaired) electrons. The Kier molecular flexibility index (Phi) is 10.7. The van der Waals surface area contributed by atoms with E-state index in [1.165, 1.54) is 18.9 Å². The van der Waals surface area contributed by atoms with Crippen LogP contribution in [0.5, 0.6) is 0 Å². The van der Waals surface area contributed by atoms with Crippen LogP contribution in [-0.2, 0) is 32.9 Å². The number of ether oxygens (including phenoxy) is 2. The second kappa shape index (κ2) is 14.3. The van der Waals surface area contributed by atoms with Gasteiger partial charge in [0.05, 0.1) is 12.2 Å². The number of amides is 2. The molecule has 0 saturated carbocycles. The number of carbonyl (C=O) groups is 2. The maximum Gasteiger partial charge on any atom is 0.407 e.